The number of nitrogens with one attached hydrogen (secondary N) is 2. The molecule has 1 aromatic carbocycles. The molecule has 0 saturated heterocycles. The monoisotopic (exact) mass is 287 g/mol. The molecule has 0 amide bonds. The van der Waals surface area contributed by atoms with Gasteiger partial charge in [0.15, 0.2) is 0 Å². The summed E-state index contributed by atoms with van der Waals surface area (Å²) >= 11 is 0. The number of hydrogen-bond acceptors (Lipinski definition) is 4. The molecule has 1 atom stereocenters. The Kier molecular flexibility index (Phi) is 4.10. The van der Waals surface area contributed by atoms with Crippen LogP contribution in [0.5, 0.6) is 11.5 Å². The topological polar surface area (TPSA) is 59.2 Å². The second-order valence-electron chi connectivity index (χ2n) is 5.32. The number of aromatic amines is 1. The van der Waals surface area contributed by atoms with Gasteiger partial charge < -0.3 is 14.8 Å². The molecule has 112 valence electrons. The predicted octanol–water partition coefficient (Wildman–Crippen LogP) is 2.42. The van der Waals surface area contributed by atoms with Gasteiger partial charge in [0, 0.05) is 42.5 Å². The summed E-state index contributed by atoms with van der Waals surface area (Å²) in [6.07, 6.45) is 2.97. The van der Waals surface area contributed by atoms with Crippen molar-refractivity contribution in [3.05, 3.63) is 41.2 Å². The average molecular weight is 287 g/mol. The SMILES string of the molecule is CCOc1cc2c(cc1CNCc1ccn[nH]1)O[C@@H](C)C2. The van der Waals surface area contributed by atoms with Gasteiger partial charge in [-0.2, -0.15) is 5.10 Å². The van der Waals surface area contributed by atoms with Crippen LogP contribution in [-0.2, 0) is 19.5 Å². The zero-order valence-corrected chi connectivity index (χ0v) is 12.5. The Balaban J connectivity index is 1.72. The number of fused-ring (bicyclic) bond motifs is 1. The smallest absolute Gasteiger partial charge is 0.124 e. The van der Waals surface area contributed by atoms with E-state index in [0.29, 0.717) is 6.61 Å². The number of hydrogen-bond donors (Lipinski definition) is 2. The highest BCUT2D eigenvalue weighted by molar-refractivity contribution is 5.48. The van der Waals surface area contributed by atoms with Crippen LogP contribution < -0.4 is 14.8 Å². The van der Waals surface area contributed by atoms with Crippen LogP contribution >= 0.6 is 0 Å². The Morgan fingerprint density at radius 1 is 1.43 bits per heavy atom. The van der Waals surface area contributed by atoms with E-state index < -0.39 is 0 Å². The van der Waals surface area contributed by atoms with Gasteiger partial charge in [0.2, 0.25) is 0 Å². The van der Waals surface area contributed by atoms with E-state index in [1.54, 1.807) is 6.20 Å². The third kappa shape index (κ3) is 3.19. The van der Waals surface area contributed by atoms with Crippen LogP contribution in [0.15, 0.2) is 24.4 Å². The molecule has 2 aromatic rings. The molecular formula is C16H21N3O2. The number of H-pyrrole nitrogens is 1. The normalized spacial score (nSPS) is 16.6. The Labute approximate surface area is 124 Å². The highest BCUT2D eigenvalue weighted by atomic mass is 16.5. The van der Waals surface area contributed by atoms with Crippen molar-refractivity contribution in [2.75, 3.05) is 6.61 Å². The Morgan fingerprint density at radius 2 is 2.33 bits per heavy atom. The van der Waals surface area contributed by atoms with Crippen LogP contribution in [0.2, 0.25) is 0 Å². The number of ether oxygens (including phenoxy) is 2. The van der Waals surface area contributed by atoms with Crippen molar-refractivity contribution in [1.82, 2.24) is 15.5 Å². The molecule has 1 aromatic heterocycles. The van der Waals surface area contributed by atoms with Gasteiger partial charge in [0.25, 0.3) is 0 Å². The number of rotatable bonds is 6. The van der Waals surface area contributed by atoms with Crippen molar-refractivity contribution >= 4 is 0 Å². The van der Waals surface area contributed by atoms with E-state index in [1.807, 2.05) is 13.0 Å². The summed E-state index contributed by atoms with van der Waals surface area (Å²) < 4.78 is 11.6. The van der Waals surface area contributed by atoms with Crippen molar-refractivity contribution in [1.29, 1.82) is 0 Å². The van der Waals surface area contributed by atoms with Gasteiger partial charge in [-0.1, -0.05) is 0 Å². The largest absolute Gasteiger partial charge is 0.494 e. The minimum absolute atomic E-state index is 0.252. The molecule has 5 heteroatoms. The molecule has 0 radical (unpaired) electrons. The van der Waals surface area contributed by atoms with Crippen LogP contribution in [0.4, 0.5) is 0 Å². The first-order valence-corrected chi connectivity index (χ1v) is 7.40. The standard InChI is InChI=1S/C16H21N3O2/c1-3-20-15-7-12-6-11(2)21-16(12)8-13(15)9-17-10-14-4-5-18-19-14/h4-5,7-8,11,17H,3,6,9-10H2,1-2H3,(H,18,19)/t11-/m0/s1. The van der Waals surface area contributed by atoms with Crippen LogP contribution in [-0.4, -0.2) is 22.9 Å². The maximum atomic E-state index is 5.83. The maximum absolute atomic E-state index is 5.83. The molecular weight excluding hydrogens is 266 g/mol. The van der Waals surface area contributed by atoms with Crippen molar-refractivity contribution < 1.29 is 9.47 Å². The van der Waals surface area contributed by atoms with E-state index in [2.05, 4.69) is 34.6 Å². The predicted molar refractivity (Wildman–Crippen MR) is 80.5 cm³/mol. The van der Waals surface area contributed by atoms with Crippen molar-refractivity contribution in [3.63, 3.8) is 0 Å². The zero-order chi connectivity index (χ0) is 14.7. The highest BCUT2D eigenvalue weighted by Gasteiger charge is 2.21. The van der Waals surface area contributed by atoms with Gasteiger partial charge in [0.05, 0.1) is 6.61 Å². The molecule has 21 heavy (non-hydrogen) atoms. The van der Waals surface area contributed by atoms with E-state index in [9.17, 15) is 0 Å². The second kappa shape index (κ2) is 6.18. The van der Waals surface area contributed by atoms with Gasteiger partial charge in [0.1, 0.15) is 17.6 Å². The first kappa shape index (κ1) is 13.9. The molecule has 0 unspecified atom stereocenters. The molecule has 2 N–H and O–H groups in total. The first-order valence-electron chi connectivity index (χ1n) is 7.40. The fraction of sp³-hybridized carbons (Fsp3) is 0.438. The van der Waals surface area contributed by atoms with E-state index in [1.165, 1.54) is 5.56 Å². The lowest BCUT2D eigenvalue weighted by atomic mass is 10.1. The minimum atomic E-state index is 0.252. The van der Waals surface area contributed by atoms with Crippen molar-refractivity contribution in [2.45, 2.75) is 39.5 Å². The summed E-state index contributed by atoms with van der Waals surface area (Å²) in [4.78, 5) is 0. The van der Waals surface area contributed by atoms with Gasteiger partial charge >= 0.3 is 0 Å². The molecule has 0 aliphatic carbocycles. The molecule has 0 saturated carbocycles. The molecule has 0 fully saturated rings. The summed E-state index contributed by atoms with van der Waals surface area (Å²) in [6.45, 7) is 6.26. The van der Waals surface area contributed by atoms with Gasteiger partial charge in [-0.15, -0.1) is 0 Å². The number of benzene rings is 1. The number of nitrogens with zero attached hydrogens (tertiary/aromatic N) is 1. The van der Waals surface area contributed by atoms with Crippen LogP contribution in [0.25, 0.3) is 0 Å². The van der Waals surface area contributed by atoms with Gasteiger partial charge in [-0.05, 0) is 32.0 Å². The fourth-order valence-electron chi connectivity index (χ4n) is 2.62. The molecule has 5 nitrogen and oxygen atoms in total. The molecule has 0 spiro atoms. The van der Waals surface area contributed by atoms with Crippen LogP contribution in [0, 0.1) is 0 Å². The molecule has 2 heterocycles. The Bertz CT molecular complexity index is 596. The maximum Gasteiger partial charge on any atom is 0.124 e. The lowest BCUT2D eigenvalue weighted by molar-refractivity contribution is 0.254. The summed E-state index contributed by atoms with van der Waals surface area (Å²) in [5.41, 5.74) is 3.44. The highest BCUT2D eigenvalue weighted by Crippen LogP contribution is 2.35. The molecule has 3 rings (SSSR count). The summed E-state index contributed by atoms with van der Waals surface area (Å²) in [5.74, 6) is 1.94. The minimum Gasteiger partial charge on any atom is -0.494 e. The lowest BCUT2D eigenvalue weighted by Crippen LogP contribution is -2.14. The van der Waals surface area contributed by atoms with Gasteiger partial charge in [-0.3, -0.25) is 5.10 Å². The summed E-state index contributed by atoms with van der Waals surface area (Å²) in [7, 11) is 0. The van der Waals surface area contributed by atoms with E-state index >= 15 is 0 Å². The summed E-state index contributed by atoms with van der Waals surface area (Å²) in [5, 5.41) is 10.3. The third-order valence-corrected chi connectivity index (χ3v) is 3.57. The van der Waals surface area contributed by atoms with Crippen molar-refractivity contribution in [3.8, 4) is 11.5 Å². The lowest BCUT2D eigenvalue weighted by Gasteiger charge is -2.13. The van der Waals surface area contributed by atoms with Crippen LogP contribution in [0.1, 0.15) is 30.7 Å². The average Bonchev–Trinajstić information content (AvgIpc) is 3.07. The molecule has 1 aliphatic heterocycles. The zero-order valence-electron chi connectivity index (χ0n) is 12.5. The molecule has 1 aliphatic rings. The van der Waals surface area contributed by atoms with E-state index in [0.717, 1.165) is 42.3 Å². The van der Waals surface area contributed by atoms with Crippen molar-refractivity contribution in [2.24, 2.45) is 0 Å². The first-order chi connectivity index (χ1) is 10.3. The quantitative estimate of drug-likeness (QED) is 0.856. The summed E-state index contributed by atoms with van der Waals surface area (Å²) in [6, 6.07) is 6.18. The van der Waals surface area contributed by atoms with Crippen LogP contribution in [0.3, 0.4) is 0 Å². The fourth-order valence-corrected chi connectivity index (χ4v) is 2.62. The Morgan fingerprint density at radius 3 is 3.10 bits per heavy atom. The Hall–Kier alpha value is -2.01. The third-order valence-electron chi connectivity index (χ3n) is 3.57. The molecule has 0 bridgehead atoms. The van der Waals surface area contributed by atoms with Gasteiger partial charge in [-0.25, -0.2) is 0 Å². The number of aromatic nitrogens is 2. The second-order valence-corrected chi connectivity index (χ2v) is 5.32. The van der Waals surface area contributed by atoms with E-state index in [-0.39, 0.29) is 6.10 Å². The van der Waals surface area contributed by atoms with E-state index in [4.69, 9.17) is 9.47 Å².